The molecule has 0 atom stereocenters. The maximum absolute atomic E-state index is 5.66. The molecule has 0 radical (unpaired) electrons. The molecule has 1 aromatic rings. The van der Waals surface area contributed by atoms with Crippen molar-refractivity contribution in [1.29, 1.82) is 0 Å². The van der Waals surface area contributed by atoms with E-state index in [4.69, 9.17) is 11.6 Å². The Balaban J connectivity index is 3.34. The molecular formula is C5H3Br2ClN2. The van der Waals surface area contributed by atoms with Crippen LogP contribution in [0.15, 0.2) is 9.08 Å². The molecule has 1 rings (SSSR count). The van der Waals surface area contributed by atoms with Crippen molar-refractivity contribution in [3.63, 3.8) is 0 Å². The van der Waals surface area contributed by atoms with Gasteiger partial charge in [0.2, 0.25) is 0 Å². The van der Waals surface area contributed by atoms with Crippen LogP contribution in [0.1, 0.15) is 5.56 Å². The molecule has 0 saturated carbocycles. The standard InChI is InChI=1S/C5H3Br2ClN2/c1-2-3(6)4(7)9-10-5(2)8/h1H3. The van der Waals surface area contributed by atoms with Gasteiger partial charge in [-0.05, 0) is 38.8 Å². The van der Waals surface area contributed by atoms with E-state index in [1.54, 1.807) is 0 Å². The van der Waals surface area contributed by atoms with Gasteiger partial charge in [-0.3, -0.25) is 0 Å². The van der Waals surface area contributed by atoms with Crippen molar-refractivity contribution in [2.75, 3.05) is 0 Å². The van der Waals surface area contributed by atoms with Gasteiger partial charge in [0.25, 0.3) is 0 Å². The van der Waals surface area contributed by atoms with Crippen molar-refractivity contribution < 1.29 is 0 Å². The molecule has 0 unspecified atom stereocenters. The van der Waals surface area contributed by atoms with E-state index in [1.165, 1.54) is 0 Å². The van der Waals surface area contributed by atoms with Crippen LogP contribution >= 0.6 is 43.5 Å². The van der Waals surface area contributed by atoms with Crippen molar-refractivity contribution in [1.82, 2.24) is 10.2 Å². The third-order valence-corrected chi connectivity index (χ3v) is 3.46. The van der Waals surface area contributed by atoms with Gasteiger partial charge < -0.3 is 0 Å². The molecule has 0 aliphatic rings. The Morgan fingerprint density at radius 1 is 1.30 bits per heavy atom. The Hall–Kier alpha value is 0.330. The van der Waals surface area contributed by atoms with E-state index >= 15 is 0 Å². The maximum atomic E-state index is 5.66. The lowest BCUT2D eigenvalue weighted by molar-refractivity contribution is 0.979. The first-order valence-corrected chi connectivity index (χ1v) is 4.43. The summed E-state index contributed by atoms with van der Waals surface area (Å²) in [5.41, 5.74) is 0.892. The second-order valence-electron chi connectivity index (χ2n) is 1.72. The second kappa shape index (κ2) is 3.15. The second-order valence-corrected chi connectivity index (χ2v) is 3.62. The van der Waals surface area contributed by atoms with Crippen LogP contribution < -0.4 is 0 Å². The van der Waals surface area contributed by atoms with Crippen molar-refractivity contribution in [2.24, 2.45) is 0 Å². The van der Waals surface area contributed by atoms with E-state index in [0.717, 1.165) is 10.0 Å². The number of aromatic nitrogens is 2. The van der Waals surface area contributed by atoms with Crippen molar-refractivity contribution in [3.05, 3.63) is 19.8 Å². The zero-order valence-electron chi connectivity index (χ0n) is 5.03. The average Bonchev–Trinajstić information content (AvgIpc) is 1.93. The molecule has 5 heteroatoms. The monoisotopic (exact) mass is 284 g/mol. The summed E-state index contributed by atoms with van der Waals surface area (Å²) in [7, 11) is 0. The van der Waals surface area contributed by atoms with Crippen LogP contribution in [0.25, 0.3) is 0 Å². The molecule has 0 aromatic carbocycles. The highest BCUT2D eigenvalue weighted by Gasteiger charge is 2.05. The van der Waals surface area contributed by atoms with Crippen LogP contribution in [0.5, 0.6) is 0 Å². The molecule has 10 heavy (non-hydrogen) atoms. The third kappa shape index (κ3) is 1.49. The number of nitrogens with zero attached hydrogens (tertiary/aromatic N) is 2. The Labute approximate surface area is 80.2 Å². The fraction of sp³-hybridized carbons (Fsp3) is 0.200. The molecule has 0 saturated heterocycles. The summed E-state index contributed by atoms with van der Waals surface area (Å²) in [5.74, 6) is 0. The molecule has 1 aromatic heterocycles. The van der Waals surface area contributed by atoms with Gasteiger partial charge in [-0.25, -0.2) is 0 Å². The largest absolute Gasteiger partial charge is 0.155 e. The predicted molar refractivity (Wildman–Crippen MR) is 47.2 cm³/mol. The quantitative estimate of drug-likeness (QED) is 0.733. The zero-order valence-corrected chi connectivity index (χ0v) is 8.96. The Morgan fingerprint density at radius 3 is 2.40 bits per heavy atom. The predicted octanol–water partition coefficient (Wildman–Crippen LogP) is 2.96. The van der Waals surface area contributed by atoms with Crippen LogP contribution in [0, 0.1) is 6.92 Å². The van der Waals surface area contributed by atoms with Gasteiger partial charge in [0.15, 0.2) is 5.15 Å². The van der Waals surface area contributed by atoms with E-state index in [-0.39, 0.29) is 0 Å². The fourth-order valence-corrected chi connectivity index (χ4v) is 1.34. The summed E-state index contributed by atoms with van der Waals surface area (Å²) in [6.07, 6.45) is 0. The summed E-state index contributed by atoms with van der Waals surface area (Å²) in [6.45, 7) is 1.87. The molecule has 0 spiro atoms. The van der Waals surface area contributed by atoms with E-state index < -0.39 is 0 Å². The first-order valence-electron chi connectivity index (χ1n) is 2.46. The van der Waals surface area contributed by atoms with E-state index in [9.17, 15) is 0 Å². The minimum atomic E-state index is 0.426. The minimum absolute atomic E-state index is 0.426. The first-order chi connectivity index (χ1) is 4.63. The van der Waals surface area contributed by atoms with Crippen LogP contribution in [0.2, 0.25) is 5.15 Å². The highest BCUT2D eigenvalue weighted by Crippen LogP contribution is 2.26. The van der Waals surface area contributed by atoms with Gasteiger partial charge in [0, 0.05) is 5.56 Å². The van der Waals surface area contributed by atoms with Crippen LogP contribution in [0.3, 0.4) is 0 Å². The third-order valence-electron chi connectivity index (χ3n) is 1.05. The van der Waals surface area contributed by atoms with Crippen molar-refractivity contribution in [2.45, 2.75) is 6.92 Å². The number of halogens is 3. The normalized spacial score (nSPS) is 10.0. The summed E-state index contributed by atoms with van der Waals surface area (Å²) in [5, 5.41) is 7.83. The Morgan fingerprint density at radius 2 is 1.90 bits per heavy atom. The lowest BCUT2D eigenvalue weighted by Crippen LogP contribution is -1.89. The Kier molecular flexibility index (Phi) is 2.66. The Bertz CT molecular complexity index is 237. The molecular weight excluding hydrogens is 283 g/mol. The topological polar surface area (TPSA) is 25.8 Å². The van der Waals surface area contributed by atoms with Gasteiger partial charge in [-0.1, -0.05) is 11.6 Å². The highest BCUT2D eigenvalue weighted by atomic mass is 79.9. The molecule has 0 aliphatic carbocycles. The van der Waals surface area contributed by atoms with Crippen molar-refractivity contribution >= 4 is 43.5 Å². The lowest BCUT2D eigenvalue weighted by Gasteiger charge is -1.98. The molecule has 0 fully saturated rings. The summed E-state index contributed by atoms with van der Waals surface area (Å²) >= 11 is 12.2. The highest BCUT2D eigenvalue weighted by molar-refractivity contribution is 9.13. The minimum Gasteiger partial charge on any atom is -0.141 e. The van der Waals surface area contributed by atoms with E-state index in [2.05, 4.69) is 42.1 Å². The zero-order chi connectivity index (χ0) is 7.72. The average molecular weight is 286 g/mol. The van der Waals surface area contributed by atoms with E-state index in [1.807, 2.05) is 6.92 Å². The van der Waals surface area contributed by atoms with Crippen LogP contribution in [0.4, 0.5) is 0 Å². The summed E-state index contributed by atoms with van der Waals surface area (Å²) < 4.78 is 1.53. The first kappa shape index (κ1) is 8.43. The molecule has 0 amide bonds. The number of hydrogen-bond acceptors (Lipinski definition) is 2. The molecule has 0 bridgehead atoms. The molecule has 1 heterocycles. The molecule has 0 N–H and O–H groups in total. The smallest absolute Gasteiger partial charge is 0.141 e. The van der Waals surface area contributed by atoms with Crippen LogP contribution in [-0.2, 0) is 0 Å². The van der Waals surface area contributed by atoms with Gasteiger partial charge >= 0.3 is 0 Å². The maximum Gasteiger partial charge on any atom is 0.155 e. The van der Waals surface area contributed by atoms with Gasteiger partial charge in [-0.15, -0.1) is 10.2 Å². The fourth-order valence-electron chi connectivity index (χ4n) is 0.452. The van der Waals surface area contributed by atoms with Crippen molar-refractivity contribution in [3.8, 4) is 0 Å². The van der Waals surface area contributed by atoms with Gasteiger partial charge in [0.1, 0.15) is 4.60 Å². The number of rotatable bonds is 0. The van der Waals surface area contributed by atoms with Crippen LogP contribution in [-0.4, -0.2) is 10.2 Å². The molecule has 54 valence electrons. The molecule has 2 nitrogen and oxygen atoms in total. The SMILES string of the molecule is Cc1c(Cl)nnc(Br)c1Br. The van der Waals surface area contributed by atoms with E-state index in [0.29, 0.717) is 9.76 Å². The van der Waals surface area contributed by atoms with Gasteiger partial charge in [-0.2, -0.15) is 0 Å². The molecule has 0 aliphatic heterocycles. The van der Waals surface area contributed by atoms with Gasteiger partial charge in [0.05, 0.1) is 4.47 Å². The number of hydrogen-bond donors (Lipinski definition) is 0. The lowest BCUT2D eigenvalue weighted by atomic mass is 10.4. The summed E-state index contributed by atoms with van der Waals surface area (Å²) in [4.78, 5) is 0. The summed E-state index contributed by atoms with van der Waals surface area (Å²) in [6, 6.07) is 0.